The number of ether oxygens (including phenoxy) is 1. The van der Waals surface area contributed by atoms with E-state index in [1.54, 1.807) is 20.8 Å². The van der Waals surface area contributed by atoms with Crippen molar-refractivity contribution in [2.45, 2.75) is 26.4 Å². The number of nitrogens with one attached hydrogen (secondary N) is 1. The molecule has 0 aromatic carbocycles. The summed E-state index contributed by atoms with van der Waals surface area (Å²) in [5, 5.41) is 2.65. The lowest BCUT2D eigenvalue weighted by Gasteiger charge is -2.22. The van der Waals surface area contributed by atoms with Crippen LogP contribution in [-0.2, 0) is 14.3 Å². The van der Waals surface area contributed by atoms with Crippen molar-refractivity contribution in [2.75, 3.05) is 33.2 Å². The van der Waals surface area contributed by atoms with Crippen LogP contribution in [-0.4, -0.2) is 66.5 Å². The number of alkyl carbamates (subject to hydrolysis) is 1. The van der Waals surface area contributed by atoms with Gasteiger partial charge >= 0.3 is 6.09 Å². The van der Waals surface area contributed by atoms with Crippen molar-refractivity contribution in [2.24, 2.45) is 0 Å². The Labute approximate surface area is 124 Å². The molecule has 0 radical (unpaired) electrons. The second-order valence-electron chi connectivity index (χ2n) is 5.89. The third-order valence-electron chi connectivity index (χ3n) is 2.77. The Morgan fingerprint density at radius 3 is 2.33 bits per heavy atom. The van der Waals surface area contributed by atoms with Crippen LogP contribution in [0.15, 0.2) is 12.2 Å². The van der Waals surface area contributed by atoms with Gasteiger partial charge in [-0.2, -0.15) is 0 Å². The molecule has 0 aliphatic carbocycles. The summed E-state index contributed by atoms with van der Waals surface area (Å²) in [6.07, 6.45) is 2.09. The highest BCUT2D eigenvalue weighted by Gasteiger charge is 2.23. The first-order valence-corrected chi connectivity index (χ1v) is 6.88. The summed E-state index contributed by atoms with van der Waals surface area (Å²) < 4.78 is 5.11. The van der Waals surface area contributed by atoms with Gasteiger partial charge in [-0.3, -0.25) is 14.5 Å². The van der Waals surface area contributed by atoms with Crippen molar-refractivity contribution in [1.82, 2.24) is 15.1 Å². The second-order valence-corrected chi connectivity index (χ2v) is 5.89. The molecule has 118 valence electrons. The number of hydrogen-bond acceptors (Lipinski definition) is 5. The largest absolute Gasteiger partial charge is 0.444 e. The number of imide groups is 1. The molecular formula is C14H23N3O4. The first kappa shape index (κ1) is 17.2. The summed E-state index contributed by atoms with van der Waals surface area (Å²) in [6, 6.07) is 0. The van der Waals surface area contributed by atoms with E-state index in [9.17, 15) is 14.4 Å². The van der Waals surface area contributed by atoms with Gasteiger partial charge in [-0.1, -0.05) is 0 Å². The van der Waals surface area contributed by atoms with Crippen LogP contribution in [0.25, 0.3) is 0 Å². The third kappa shape index (κ3) is 6.40. The fourth-order valence-electron chi connectivity index (χ4n) is 1.70. The molecule has 1 aliphatic rings. The quantitative estimate of drug-likeness (QED) is 0.717. The molecule has 0 unspecified atom stereocenters. The van der Waals surface area contributed by atoms with Gasteiger partial charge in [-0.25, -0.2) is 4.79 Å². The van der Waals surface area contributed by atoms with Crippen molar-refractivity contribution >= 4 is 17.9 Å². The van der Waals surface area contributed by atoms with Crippen LogP contribution >= 0.6 is 0 Å². The van der Waals surface area contributed by atoms with E-state index in [1.165, 1.54) is 17.1 Å². The fourth-order valence-corrected chi connectivity index (χ4v) is 1.70. The molecule has 0 bridgehead atoms. The topological polar surface area (TPSA) is 79.0 Å². The summed E-state index contributed by atoms with van der Waals surface area (Å²) in [5.41, 5.74) is -0.514. The summed E-state index contributed by atoms with van der Waals surface area (Å²) >= 11 is 0. The second kappa shape index (κ2) is 7.21. The minimum Gasteiger partial charge on any atom is -0.444 e. The maximum Gasteiger partial charge on any atom is 0.407 e. The van der Waals surface area contributed by atoms with Crippen LogP contribution in [0.4, 0.5) is 4.79 Å². The Hall–Kier alpha value is -1.89. The Morgan fingerprint density at radius 1 is 1.24 bits per heavy atom. The zero-order valence-corrected chi connectivity index (χ0v) is 13.0. The molecule has 7 heteroatoms. The predicted molar refractivity (Wildman–Crippen MR) is 77.6 cm³/mol. The first-order valence-electron chi connectivity index (χ1n) is 6.88. The molecule has 0 atom stereocenters. The highest BCUT2D eigenvalue weighted by Crippen LogP contribution is 2.06. The number of amides is 3. The summed E-state index contributed by atoms with van der Waals surface area (Å²) in [5.74, 6) is -0.555. The van der Waals surface area contributed by atoms with Gasteiger partial charge in [0, 0.05) is 38.3 Å². The van der Waals surface area contributed by atoms with E-state index in [-0.39, 0.29) is 11.8 Å². The Kier molecular flexibility index (Phi) is 5.90. The molecule has 3 amide bonds. The van der Waals surface area contributed by atoms with Gasteiger partial charge in [-0.15, -0.1) is 0 Å². The third-order valence-corrected chi connectivity index (χ3v) is 2.77. The van der Waals surface area contributed by atoms with E-state index in [4.69, 9.17) is 4.74 Å². The van der Waals surface area contributed by atoms with Gasteiger partial charge in [0.25, 0.3) is 11.8 Å². The maximum absolute atomic E-state index is 11.4. The molecule has 0 fully saturated rings. The molecule has 1 N–H and O–H groups in total. The first-order chi connectivity index (χ1) is 9.69. The zero-order chi connectivity index (χ0) is 16.0. The zero-order valence-electron chi connectivity index (χ0n) is 13.0. The van der Waals surface area contributed by atoms with Gasteiger partial charge in [0.2, 0.25) is 0 Å². The van der Waals surface area contributed by atoms with Crippen molar-refractivity contribution in [3.05, 3.63) is 12.2 Å². The molecule has 0 saturated carbocycles. The number of carbonyl (C=O) groups is 3. The van der Waals surface area contributed by atoms with Gasteiger partial charge < -0.3 is 15.0 Å². The molecule has 1 heterocycles. The lowest BCUT2D eigenvalue weighted by molar-refractivity contribution is -0.136. The average molecular weight is 297 g/mol. The predicted octanol–water partition coefficient (Wildman–Crippen LogP) is 0.368. The number of rotatable bonds is 6. The Balaban J connectivity index is 2.17. The molecule has 1 rings (SSSR count). The lowest BCUT2D eigenvalue weighted by atomic mass is 10.2. The van der Waals surface area contributed by atoms with Gasteiger partial charge in [-0.05, 0) is 27.8 Å². The van der Waals surface area contributed by atoms with Crippen molar-refractivity contribution in [1.29, 1.82) is 0 Å². The molecule has 1 aliphatic heterocycles. The lowest BCUT2D eigenvalue weighted by Crippen LogP contribution is -2.40. The smallest absolute Gasteiger partial charge is 0.407 e. The van der Waals surface area contributed by atoms with E-state index in [2.05, 4.69) is 5.32 Å². The van der Waals surface area contributed by atoms with Gasteiger partial charge in [0.15, 0.2) is 0 Å². The molecule has 0 saturated heterocycles. The summed E-state index contributed by atoms with van der Waals surface area (Å²) in [6.45, 7) is 7.33. The molecule has 0 aromatic heterocycles. The van der Waals surface area contributed by atoms with Crippen LogP contribution in [0.2, 0.25) is 0 Å². The Morgan fingerprint density at radius 2 is 1.81 bits per heavy atom. The normalized spacial score (nSPS) is 15.0. The summed E-state index contributed by atoms with van der Waals surface area (Å²) in [4.78, 5) is 37.3. The minimum atomic E-state index is -0.514. The fraction of sp³-hybridized carbons (Fsp3) is 0.643. The number of nitrogens with zero attached hydrogens (tertiary/aromatic N) is 2. The van der Waals surface area contributed by atoms with Gasteiger partial charge in [0.1, 0.15) is 5.60 Å². The maximum atomic E-state index is 11.4. The highest BCUT2D eigenvalue weighted by atomic mass is 16.6. The SMILES string of the molecule is CN(CCNC(=O)OC(C)(C)C)CCN1C(=O)C=CC1=O. The minimum absolute atomic E-state index is 0.278. The average Bonchev–Trinajstić information content (AvgIpc) is 2.64. The molecule has 21 heavy (non-hydrogen) atoms. The van der Waals surface area contributed by atoms with Crippen LogP contribution in [0.3, 0.4) is 0 Å². The van der Waals surface area contributed by atoms with Gasteiger partial charge in [0.05, 0.1) is 0 Å². The van der Waals surface area contributed by atoms with Crippen molar-refractivity contribution in [3.8, 4) is 0 Å². The number of likely N-dealkylation sites (N-methyl/N-ethyl adjacent to an activating group) is 1. The summed E-state index contributed by atoms with van der Waals surface area (Å²) in [7, 11) is 1.86. The molecule has 7 nitrogen and oxygen atoms in total. The van der Waals surface area contributed by atoms with E-state index in [0.717, 1.165) is 0 Å². The van der Waals surface area contributed by atoms with Crippen molar-refractivity contribution < 1.29 is 19.1 Å². The molecule has 0 spiro atoms. The molecular weight excluding hydrogens is 274 g/mol. The number of carbonyl (C=O) groups excluding carboxylic acids is 3. The van der Waals surface area contributed by atoms with Crippen LogP contribution < -0.4 is 5.32 Å². The Bertz CT molecular complexity index is 422. The van der Waals surface area contributed by atoms with Crippen molar-refractivity contribution in [3.63, 3.8) is 0 Å². The van der Waals surface area contributed by atoms with Crippen LogP contribution in [0.1, 0.15) is 20.8 Å². The van der Waals surface area contributed by atoms with Crippen LogP contribution in [0.5, 0.6) is 0 Å². The number of hydrogen-bond donors (Lipinski definition) is 1. The highest BCUT2D eigenvalue weighted by molar-refractivity contribution is 6.12. The standard InChI is InChI=1S/C14H23N3O4/c1-14(2,3)21-13(20)15-7-8-16(4)9-10-17-11(18)5-6-12(17)19/h5-6H,7-10H2,1-4H3,(H,15,20). The van der Waals surface area contributed by atoms with E-state index >= 15 is 0 Å². The van der Waals surface area contributed by atoms with E-state index in [1.807, 2.05) is 11.9 Å². The monoisotopic (exact) mass is 297 g/mol. The van der Waals surface area contributed by atoms with Crippen LogP contribution in [0, 0.1) is 0 Å². The molecule has 0 aromatic rings. The van der Waals surface area contributed by atoms with E-state index in [0.29, 0.717) is 26.2 Å². The van der Waals surface area contributed by atoms with E-state index < -0.39 is 11.7 Å².